The lowest BCUT2D eigenvalue weighted by Crippen LogP contribution is -2.49. The van der Waals surface area contributed by atoms with Crippen LogP contribution in [0.3, 0.4) is 0 Å². The SMILES string of the molecule is CN1C(=O)N(NC(=O)Nc2ccc3c(c2)OCC/C3=C/C(=O)O)C=C(c2ccccc2)c2ccccc21. The molecule has 0 unspecified atom stereocenters. The van der Waals surface area contributed by atoms with Crippen molar-refractivity contribution < 1.29 is 24.2 Å². The molecule has 3 aromatic carbocycles. The Hall–Kier alpha value is -5.05. The number of hydrazine groups is 1. The molecule has 9 nitrogen and oxygen atoms in total. The van der Waals surface area contributed by atoms with E-state index < -0.39 is 18.0 Å². The molecule has 0 aromatic heterocycles. The summed E-state index contributed by atoms with van der Waals surface area (Å²) in [5, 5.41) is 13.0. The Morgan fingerprint density at radius 2 is 1.76 bits per heavy atom. The normalized spacial score (nSPS) is 15.6. The molecule has 4 amide bonds. The van der Waals surface area contributed by atoms with Crippen molar-refractivity contribution >= 4 is 40.6 Å². The number of amides is 4. The predicted octanol–water partition coefficient (Wildman–Crippen LogP) is 4.93. The molecule has 2 heterocycles. The summed E-state index contributed by atoms with van der Waals surface area (Å²) >= 11 is 0. The minimum Gasteiger partial charge on any atom is -0.493 e. The first-order valence-corrected chi connectivity index (χ1v) is 11.6. The number of anilines is 2. The van der Waals surface area contributed by atoms with E-state index in [2.05, 4.69) is 10.7 Å². The van der Waals surface area contributed by atoms with Gasteiger partial charge < -0.3 is 15.2 Å². The number of aliphatic carboxylic acids is 1. The molecule has 2 aliphatic heterocycles. The molecule has 0 saturated heterocycles. The maximum absolute atomic E-state index is 13.3. The number of ether oxygens (including phenoxy) is 1. The number of nitrogens with zero attached hydrogens (tertiary/aromatic N) is 2. The number of carboxylic acids is 1. The van der Waals surface area contributed by atoms with Crippen LogP contribution < -0.4 is 20.4 Å². The Morgan fingerprint density at radius 1 is 1.00 bits per heavy atom. The molecule has 2 aliphatic rings. The molecule has 0 bridgehead atoms. The highest BCUT2D eigenvalue weighted by Gasteiger charge is 2.27. The number of fused-ring (bicyclic) bond motifs is 2. The minimum atomic E-state index is -1.03. The summed E-state index contributed by atoms with van der Waals surface area (Å²) in [6, 6.07) is 21.1. The summed E-state index contributed by atoms with van der Waals surface area (Å²) in [6.07, 6.45) is 3.26. The molecule has 186 valence electrons. The Morgan fingerprint density at radius 3 is 2.54 bits per heavy atom. The maximum atomic E-state index is 13.3. The highest BCUT2D eigenvalue weighted by molar-refractivity contribution is 6.02. The number of benzene rings is 3. The van der Waals surface area contributed by atoms with Crippen molar-refractivity contribution in [1.82, 2.24) is 10.4 Å². The fraction of sp³-hybridized carbons (Fsp3) is 0.107. The second-order valence-corrected chi connectivity index (χ2v) is 8.52. The van der Waals surface area contributed by atoms with Gasteiger partial charge in [-0.3, -0.25) is 4.90 Å². The van der Waals surface area contributed by atoms with E-state index in [1.165, 1.54) is 4.90 Å². The Balaban J connectivity index is 1.41. The molecule has 0 fully saturated rings. The molecule has 3 aromatic rings. The van der Waals surface area contributed by atoms with Gasteiger partial charge in [-0.1, -0.05) is 48.5 Å². The van der Waals surface area contributed by atoms with Crippen molar-refractivity contribution in [2.24, 2.45) is 0 Å². The second kappa shape index (κ2) is 9.90. The average Bonchev–Trinajstić information content (AvgIpc) is 2.99. The number of hydrogen-bond acceptors (Lipinski definition) is 4. The van der Waals surface area contributed by atoms with Crippen molar-refractivity contribution in [1.29, 1.82) is 0 Å². The topological polar surface area (TPSA) is 111 Å². The summed E-state index contributed by atoms with van der Waals surface area (Å²) < 4.78 is 5.67. The van der Waals surface area contributed by atoms with Crippen LogP contribution in [0, 0.1) is 0 Å². The highest BCUT2D eigenvalue weighted by atomic mass is 16.5. The number of nitrogens with one attached hydrogen (secondary N) is 2. The van der Waals surface area contributed by atoms with E-state index in [-0.39, 0.29) is 0 Å². The van der Waals surface area contributed by atoms with Crippen LogP contribution >= 0.6 is 0 Å². The lowest BCUT2D eigenvalue weighted by atomic mass is 9.97. The fourth-order valence-corrected chi connectivity index (χ4v) is 4.40. The van der Waals surface area contributed by atoms with Crippen molar-refractivity contribution in [3.05, 3.63) is 102 Å². The zero-order valence-electron chi connectivity index (χ0n) is 20.0. The summed E-state index contributed by atoms with van der Waals surface area (Å²) in [6.45, 7) is 0.337. The second-order valence-electron chi connectivity index (χ2n) is 8.52. The zero-order valence-corrected chi connectivity index (χ0v) is 20.0. The standard InChI is InChI=1S/C28H24N4O5/c1-31-24-10-6-5-9-22(24)23(18-7-3-2-4-8-18)17-32(28(31)36)30-27(35)29-20-11-12-21-19(15-26(33)34)13-14-37-25(21)16-20/h2-12,15-17H,13-14H2,1H3,(H,33,34)(H2,29,30,35)/b19-15-. The van der Waals surface area contributed by atoms with E-state index in [1.54, 1.807) is 31.4 Å². The van der Waals surface area contributed by atoms with E-state index >= 15 is 0 Å². The van der Waals surface area contributed by atoms with Crippen LogP contribution in [0.1, 0.15) is 23.1 Å². The van der Waals surface area contributed by atoms with Crippen LogP contribution in [-0.4, -0.2) is 41.8 Å². The van der Waals surface area contributed by atoms with Gasteiger partial charge in [-0.2, -0.15) is 0 Å². The van der Waals surface area contributed by atoms with E-state index in [0.29, 0.717) is 41.3 Å². The number of hydrogen-bond donors (Lipinski definition) is 3. The van der Waals surface area contributed by atoms with Gasteiger partial charge in [-0.05, 0) is 29.3 Å². The molecule has 0 radical (unpaired) electrons. The van der Waals surface area contributed by atoms with Gasteiger partial charge in [0.05, 0.1) is 12.3 Å². The summed E-state index contributed by atoms with van der Waals surface area (Å²) in [5.74, 6) is -0.551. The highest BCUT2D eigenvalue weighted by Crippen LogP contribution is 2.36. The van der Waals surface area contributed by atoms with Gasteiger partial charge >= 0.3 is 18.0 Å². The third-order valence-corrected chi connectivity index (χ3v) is 6.13. The van der Waals surface area contributed by atoms with Gasteiger partial charge in [0.1, 0.15) is 5.75 Å². The van der Waals surface area contributed by atoms with Crippen LogP contribution in [0.5, 0.6) is 5.75 Å². The van der Waals surface area contributed by atoms with E-state index in [9.17, 15) is 14.4 Å². The monoisotopic (exact) mass is 496 g/mol. The first-order chi connectivity index (χ1) is 17.9. The van der Waals surface area contributed by atoms with Crippen LogP contribution in [0.15, 0.2) is 85.1 Å². The molecule has 0 aliphatic carbocycles. The fourth-order valence-electron chi connectivity index (χ4n) is 4.40. The quantitative estimate of drug-likeness (QED) is 0.444. The molecular weight excluding hydrogens is 472 g/mol. The molecule has 5 rings (SSSR count). The van der Waals surface area contributed by atoms with Crippen molar-refractivity contribution in [2.75, 3.05) is 23.9 Å². The zero-order chi connectivity index (χ0) is 25.9. The van der Waals surface area contributed by atoms with Gasteiger partial charge in [-0.15, -0.1) is 0 Å². The average molecular weight is 497 g/mol. The number of para-hydroxylation sites is 1. The Kier molecular flexibility index (Phi) is 6.34. The third kappa shape index (κ3) is 4.87. The molecule has 0 saturated carbocycles. The van der Waals surface area contributed by atoms with Crippen LogP contribution in [0.4, 0.5) is 21.0 Å². The lowest BCUT2D eigenvalue weighted by molar-refractivity contribution is -0.131. The van der Waals surface area contributed by atoms with Gasteiger partial charge in [0.15, 0.2) is 0 Å². The Labute approximate surface area is 213 Å². The minimum absolute atomic E-state index is 0.337. The van der Waals surface area contributed by atoms with E-state index in [1.807, 2.05) is 54.6 Å². The number of rotatable bonds is 4. The largest absolute Gasteiger partial charge is 0.493 e. The third-order valence-electron chi connectivity index (χ3n) is 6.13. The molecule has 3 N–H and O–H groups in total. The number of urea groups is 2. The van der Waals surface area contributed by atoms with Crippen LogP contribution in [-0.2, 0) is 4.79 Å². The predicted molar refractivity (Wildman–Crippen MR) is 140 cm³/mol. The van der Waals surface area contributed by atoms with Gasteiger partial charge in [0, 0.05) is 54.2 Å². The van der Waals surface area contributed by atoms with Crippen molar-refractivity contribution in [2.45, 2.75) is 6.42 Å². The van der Waals surface area contributed by atoms with Gasteiger partial charge in [0.25, 0.3) is 0 Å². The molecule has 0 spiro atoms. The molecule has 0 atom stereocenters. The lowest BCUT2D eigenvalue weighted by Gasteiger charge is -2.24. The summed E-state index contributed by atoms with van der Waals surface area (Å²) in [7, 11) is 1.65. The first kappa shape index (κ1) is 23.7. The van der Waals surface area contributed by atoms with Crippen LogP contribution in [0.2, 0.25) is 0 Å². The van der Waals surface area contributed by atoms with Crippen molar-refractivity contribution in [3.63, 3.8) is 0 Å². The van der Waals surface area contributed by atoms with E-state index in [0.717, 1.165) is 27.8 Å². The molecular formula is C28H24N4O5. The summed E-state index contributed by atoms with van der Waals surface area (Å²) in [4.78, 5) is 38.8. The van der Waals surface area contributed by atoms with Gasteiger partial charge in [-0.25, -0.2) is 24.8 Å². The number of carbonyl (C=O) groups excluding carboxylic acids is 2. The smallest absolute Gasteiger partial charge is 0.347 e. The summed E-state index contributed by atoms with van der Waals surface area (Å²) in [5.41, 5.74) is 7.60. The number of carbonyl (C=O) groups is 3. The van der Waals surface area contributed by atoms with E-state index in [4.69, 9.17) is 9.84 Å². The Bertz CT molecular complexity index is 1450. The molecule has 9 heteroatoms. The van der Waals surface area contributed by atoms with Crippen LogP contribution in [0.25, 0.3) is 11.1 Å². The maximum Gasteiger partial charge on any atom is 0.347 e. The number of carboxylic acid groups (broad SMARTS) is 1. The first-order valence-electron chi connectivity index (χ1n) is 11.6. The molecule has 37 heavy (non-hydrogen) atoms. The van der Waals surface area contributed by atoms with Crippen molar-refractivity contribution in [3.8, 4) is 5.75 Å². The van der Waals surface area contributed by atoms with Gasteiger partial charge in [0.2, 0.25) is 0 Å².